The SMILES string of the molecule is CNC(=O)C1CCCN1c1cccc(C(N)=O)c1N. The topological polar surface area (TPSA) is 101 Å². The highest BCUT2D eigenvalue weighted by Gasteiger charge is 2.31. The van der Waals surface area contributed by atoms with Crippen molar-refractivity contribution in [3.8, 4) is 0 Å². The number of hydrogen-bond donors (Lipinski definition) is 3. The number of nitrogen functional groups attached to an aromatic ring is 1. The summed E-state index contributed by atoms with van der Waals surface area (Å²) in [5.41, 5.74) is 12.6. The van der Waals surface area contributed by atoms with Gasteiger partial charge in [-0.1, -0.05) is 6.07 Å². The van der Waals surface area contributed by atoms with Gasteiger partial charge in [0.15, 0.2) is 0 Å². The van der Waals surface area contributed by atoms with Gasteiger partial charge in [-0.3, -0.25) is 9.59 Å². The summed E-state index contributed by atoms with van der Waals surface area (Å²) in [4.78, 5) is 25.1. The first-order chi connectivity index (χ1) is 9.06. The molecule has 0 aliphatic carbocycles. The van der Waals surface area contributed by atoms with Crippen LogP contribution in [0.2, 0.25) is 0 Å². The third-order valence-electron chi connectivity index (χ3n) is 3.46. The number of rotatable bonds is 3. The first-order valence-corrected chi connectivity index (χ1v) is 6.22. The van der Waals surface area contributed by atoms with Crippen LogP contribution in [-0.2, 0) is 4.79 Å². The van der Waals surface area contributed by atoms with Gasteiger partial charge in [-0.05, 0) is 25.0 Å². The molecule has 2 rings (SSSR count). The van der Waals surface area contributed by atoms with Gasteiger partial charge in [-0.15, -0.1) is 0 Å². The highest BCUT2D eigenvalue weighted by Crippen LogP contribution is 2.32. The summed E-state index contributed by atoms with van der Waals surface area (Å²) in [6.45, 7) is 0.741. The fourth-order valence-corrected chi connectivity index (χ4v) is 2.51. The lowest BCUT2D eigenvalue weighted by Crippen LogP contribution is -2.42. The smallest absolute Gasteiger partial charge is 0.250 e. The normalized spacial score (nSPS) is 18.4. The maximum atomic E-state index is 11.8. The Morgan fingerprint density at radius 3 is 2.79 bits per heavy atom. The Morgan fingerprint density at radius 1 is 1.42 bits per heavy atom. The Kier molecular flexibility index (Phi) is 3.59. The van der Waals surface area contributed by atoms with E-state index in [0.29, 0.717) is 16.9 Å². The summed E-state index contributed by atoms with van der Waals surface area (Å²) in [5.74, 6) is -0.601. The van der Waals surface area contributed by atoms with E-state index in [9.17, 15) is 9.59 Å². The highest BCUT2D eigenvalue weighted by atomic mass is 16.2. The molecule has 0 aromatic heterocycles. The Labute approximate surface area is 111 Å². The van der Waals surface area contributed by atoms with Gasteiger partial charge >= 0.3 is 0 Å². The molecule has 1 heterocycles. The number of amides is 2. The van der Waals surface area contributed by atoms with Crippen molar-refractivity contribution in [2.75, 3.05) is 24.2 Å². The average molecular weight is 262 g/mol. The van der Waals surface area contributed by atoms with E-state index >= 15 is 0 Å². The molecule has 6 nitrogen and oxygen atoms in total. The van der Waals surface area contributed by atoms with Crippen LogP contribution in [0.1, 0.15) is 23.2 Å². The number of hydrogen-bond acceptors (Lipinski definition) is 4. The number of nitrogens with two attached hydrogens (primary N) is 2. The molecule has 5 N–H and O–H groups in total. The molecule has 2 amide bonds. The molecule has 102 valence electrons. The summed E-state index contributed by atoms with van der Waals surface area (Å²) in [7, 11) is 1.61. The third kappa shape index (κ3) is 2.33. The summed E-state index contributed by atoms with van der Waals surface area (Å²) >= 11 is 0. The van der Waals surface area contributed by atoms with Gasteiger partial charge in [0.1, 0.15) is 6.04 Å². The molecule has 1 aromatic carbocycles. The van der Waals surface area contributed by atoms with E-state index in [-0.39, 0.29) is 11.9 Å². The number of para-hydroxylation sites is 1. The predicted octanol–water partition coefficient (Wildman–Crippen LogP) is 0.0825. The van der Waals surface area contributed by atoms with Crippen LogP contribution in [0, 0.1) is 0 Å². The maximum absolute atomic E-state index is 11.8. The van der Waals surface area contributed by atoms with Gasteiger partial charge in [0, 0.05) is 13.6 Å². The van der Waals surface area contributed by atoms with Crippen molar-refractivity contribution in [3.63, 3.8) is 0 Å². The molecular formula is C13H18N4O2. The second kappa shape index (κ2) is 5.17. The number of carbonyl (C=O) groups excluding carboxylic acids is 2. The Bertz CT molecular complexity index is 515. The number of nitrogens with one attached hydrogen (secondary N) is 1. The second-order valence-corrected chi connectivity index (χ2v) is 4.57. The van der Waals surface area contributed by atoms with Gasteiger partial charge in [-0.25, -0.2) is 0 Å². The van der Waals surface area contributed by atoms with Crippen LogP contribution in [0.4, 0.5) is 11.4 Å². The number of benzene rings is 1. The standard InChI is InChI=1S/C13H18N4O2/c1-16-13(19)10-6-3-7-17(10)9-5-2-4-8(11(9)14)12(15)18/h2,4-5,10H,3,6-7,14H2,1H3,(H2,15,18)(H,16,19). The zero-order valence-electron chi connectivity index (χ0n) is 10.8. The molecule has 0 spiro atoms. The molecule has 1 aliphatic heterocycles. The van der Waals surface area contributed by atoms with Gasteiger partial charge < -0.3 is 21.7 Å². The van der Waals surface area contributed by atoms with Crippen molar-refractivity contribution < 1.29 is 9.59 Å². The Hall–Kier alpha value is -2.24. The second-order valence-electron chi connectivity index (χ2n) is 4.57. The molecule has 1 atom stereocenters. The summed E-state index contributed by atoms with van der Waals surface area (Å²) in [6.07, 6.45) is 1.69. The highest BCUT2D eigenvalue weighted by molar-refractivity contribution is 6.01. The van der Waals surface area contributed by atoms with Crippen LogP contribution >= 0.6 is 0 Å². The van der Waals surface area contributed by atoms with E-state index in [0.717, 1.165) is 19.4 Å². The third-order valence-corrected chi connectivity index (χ3v) is 3.46. The van der Waals surface area contributed by atoms with Crippen molar-refractivity contribution in [1.82, 2.24) is 5.32 Å². The molecule has 1 unspecified atom stereocenters. The van der Waals surface area contributed by atoms with Gasteiger partial charge in [0.2, 0.25) is 5.91 Å². The van der Waals surface area contributed by atoms with Crippen LogP contribution in [0.3, 0.4) is 0 Å². The van der Waals surface area contributed by atoms with E-state index < -0.39 is 5.91 Å². The predicted molar refractivity (Wildman–Crippen MR) is 73.8 cm³/mol. The van der Waals surface area contributed by atoms with E-state index in [2.05, 4.69) is 5.32 Å². The molecule has 0 radical (unpaired) electrons. The molecule has 1 fully saturated rings. The van der Waals surface area contributed by atoms with Crippen molar-refractivity contribution in [2.45, 2.75) is 18.9 Å². The zero-order chi connectivity index (χ0) is 14.0. The van der Waals surface area contributed by atoms with Crippen molar-refractivity contribution in [3.05, 3.63) is 23.8 Å². The lowest BCUT2D eigenvalue weighted by Gasteiger charge is -2.27. The minimum Gasteiger partial charge on any atom is -0.396 e. The molecule has 19 heavy (non-hydrogen) atoms. The first-order valence-electron chi connectivity index (χ1n) is 6.22. The molecule has 0 saturated carbocycles. The zero-order valence-corrected chi connectivity index (χ0v) is 10.8. The van der Waals surface area contributed by atoms with Crippen molar-refractivity contribution in [1.29, 1.82) is 0 Å². The summed E-state index contributed by atoms with van der Waals surface area (Å²) in [6, 6.07) is 4.88. The van der Waals surface area contributed by atoms with Crippen LogP contribution in [0.25, 0.3) is 0 Å². The van der Waals surface area contributed by atoms with Crippen molar-refractivity contribution in [2.24, 2.45) is 5.73 Å². The van der Waals surface area contributed by atoms with Crippen LogP contribution in [-0.4, -0.2) is 31.4 Å². The molecule has 1 saturated heterocycles. The molecular weight excluding hydrogens is 244 g/mol. The van der Waals surface area contributed by atoms with E-state index in [1.54, 1.807) is 19.2 Å². The fraction of sp³-hybridized carbons (Fsp3) is 0.385. The fourth-order valence-electron chi connectivity index (χ4n) is 2.51. The lowest BCUT2D eigenvalue weighted by molar-refractivity contribution is -0.121. The van der Waals surface area contributed by atoms with E-state index in [4.69, 9.17) is 11.5 Å². The largest absolute Gasteiger partial charge is 0.396 e. The Balaban J connectivity index is 2.38. The first kappa shape index (κ1) is 13.2. The quantitative estimate of drug-likeness (QED) is 0.671. The number of carbonyl (C=O) groups is 2. The van der Waals surface area contributed by atoms with E-state index in [1.807, 2.05) is 11.0 Å². The molecule has 1 aromatic rings. The molecule has 1 aliphatic rings. The van der Waals surface area contributed by atoms with Gasteiger partial charge in [-0.2, -0.15) is 0 Å². The number of anilines is 2. The van der Waals surface area contributed by atoms with E-state index in [1.165, 1.54) is 0 Å². The van der Waals surface area contributed by atoms with Gasteiger partial charge in [0.25, 0.3) is 5.91 Å². The maximum Gasteiger partial charge on any atom is 0.250 e. The monoisotopic (exact) mass is 262 g/mol. The summed E-state index contributed by atoms with van der Waals surface area (Å²) in [5, 5.41) is 2.65. The number of nitrogens with zero attached hydrogens (tertiary/aromatic N) is 1. The minimum atomic E-state index is -0.560. The van der Waals surface area contributed by atoms with Gasteiger partial charge in [0.05, 0.1) is 16.9 Å². The molecule has 6 heteroatoms. The van der Waals surface area contributed by atoms with Crippen LogP contribution in [0.5, 0.6) is 0 Å². The summed E-state index contributed by atoms with van der Waals surface area (Å²) < 4.78 is 0. The van der Waals surface area contributed by atoms with Crippen LogP contribution in [0.15, 0.2) is 18.2 Å². The number of likely N-dealkylation sites (N-methyl/N-ethyl adjacent to an activating group) is 1. The van der Waals surface area contributed by atoms with Crippen molar-refractivity contribution >= 4 is 23.2 Å². The number of primary amides is 1. The average Bonchev–Trinajstić information content (AvgIpc) is 2.86. The van der Waals surface area contributed by atoms with Crippen LogP contribution < -0.4 is 21.7 Å². The Morgan fingerprint density at radius 2 is 2.16 bits per heavy atom. The molecule has 0 bridgehead atoms. The lowest BCUT2D eigenvalue weighted by atomic mass is 10.1. The minimum absolute atomic E-state index is 0.0404.